The normalized spacial score (nSPS) is 6.89. The van der Waals surface area contributed by atoms with E-state index in [1.165, 1.54) is 0 Å². The molecule has 9 heavy (non-hydrogen) atoms. The zero-order valence-corrected chi connectivity index (χ0v) is 9.45. The Morgan fingerprint density at radius 1 is 1.56 bits per heavy atom. The van der Waals surface area contributed by atoms with Gasteiger partial charge in [0.2, 0.25) is 0 Å². The van der Waals surface area contributed by atoms with E-state index in [0.29, 0.717) is 0 Å². The minimum atomic E-state index is 0. The predicted octanol–water partition coefficient (Wildman–Crippen LogP) is 2.79. The van der Waals surface area contributed by atoms with E-state index in [2.05, 4.69) is 20.4 Å². The molecule has 48 valence electrons. The molecular weight excluding hydrogens is 161 g/mol. The Labute approximate surface area is 71.8 Å². The maximum absolute atomic E-state index is 3.44. The van der Waals surface area contributed by atoms with Crippen LogP contribution >= 0.6 is 0 Å². The van der Waals surface area contributed by atoms with Gasteiger partial charge in [-0.05, 0) is 0 Å². The van der Waals surface area contributed by atoms with Crippen molar-refractivity contribution in [2.75, 3.05) is 0 Å². The largest absolute Gasteiger partial charge is 2.00 e. The first-order valence-electron chi connectivity index (χ1n) is 2.53. The van der Waals surface area contributed by atoms with E-state index >= 15 is 0 Å². The smallest absolute Gasteiger partial charge is 0.245 e. The third-order valence-electron chi connectivity index (χ3n) is 0.236. The van der Waals surface area contributed by atoms with Crippen LogP contribution in [0.4, 0.5) is 0 Å². The summed E-state index contributed by atoms with van der Waals surface area (Å²) >= 11 is 0. The van der Waals surface area contributed by atoms with Crippen LogP contribution in [0.15, 0.2) is 24.3 Å². The van der Waals surface area contributed by atoms with Gasteiger partial charge in [0.25, 0.3) is 0 Å². The van der Waals surface area contributed by atoms with Crippen molar-refractivity contribution in [3.8, 4) is 0 Å². The molecule has 0 heterocycles. The van der Waals surface area contributed by atoms with Crippen molar-refractivity contribution in [3.63, 3.8) is 0 Å². The fraction of sp³-hybridized carbons (Fsp3) is 0.250. The summed E-state index contributed by atoms with van der Waals surface area (Å²) in [6.07, 6.45) is 3.64. The Balaban J connectivity index is -0.0000000720. The Morgan fingerprint density at radius 3 is 1.67 bits per heavy atom. The topological polar surface area (TPSA) is 0 Å². The van der Waals surface area contributed by atoms with Crippen LogP contribution < -0.4 is 0 Å². The fourth-order valence-electron chi connectivity index (χ4n) is 0. The number of rotatable bonds is 0. The van der Waals surface area contributed by atoms with Crippen molar-refractivity contribution in [1.82, 2.24) is 0 Å². The predicted molar refractivity (Wildman–Crippen MR) is 40.3 cm³/mol. The summed E-state index contributed by atoms with van der Waals surface area (Å²) in [6.45, 7) is 14.1. The molecule has 0 rings (SSSR count). The van der Waals surface area contributed by atoms with Crippen LogP contribution in [0, 0.1) is 13.8 Å². The third-order valence-corrected chi connectivity index (χ3v) is 0.236. The molecule has 0 saturated heterocycles. The summed E-state index contributed by atoms with van der Waals surface area (Å²) in [5.41, 5.74) is 0.917. The van der Waals surface area contributed by atoms with E-state index in [-0.39, 0.29) is 19.5 Å². The Bertz CT molecular complexity index is 64.6. The molecule has 0 N–H and O–H groups in total. The first-order valence-corrected chi connectivity index (χ1v) is 2.53. The van der Waals surface area contributed by atoms with Gasteiger partial charge in [-0.3, -0.25) is 0 Å². The minimum absolute atomic E-state index is 0. The summed E-state index contributed by atoms with van der Waals surface area (Å²) in [6, 6.07) is 0. The molecule has 0 amide bonds. The second-order valence-electron chi connectivity index (χ2n) is 1.53. The van der Waals surface area contributed by atoms with Crippen LogP contribution in [0.25, 0.3) is 0 Å². The van der Waals surface area contributed by atoms with E-state index in [1.807, 2.05) is 19.9 Å². The first-order chi connectivity index (χ1) is 3.65. The average Bonchev–Trinajstić information content (AvgIpc) is 1.65. The van der Waals surface area contributed by atoms with Gasteiger partial charge in [-0.2, -0.15) is 0 Å². The van der Waals surface area contributed by atoms with Gasteiger partial charge in [-0.1, -0.05) is 6.92 Å². The number of hydrogen-bond donors (Lipinski definition) is 0. The van der Waals surface area contributed by atoms with E-state index in [9.17, 15) is 0 Å². The molecule has 0 nitrogen and oxygen atoms in total. The molecule has 0 bridgehead atoms. The van der Waals surface area contributed by atoms with Gasteiger partial charge in [-0.15, -0.1) is 6.92 Å². The van der Waals surface area contributed by atoms with Crippen LogP contribution in [0.3, 0.4) is 0 Å². The summed E-state index contributed by atoms with van der Waals surface area (Å²) in [7, 11) is 0. The van der Waals surface area contributed by atoms with E-state index in [4.69, 9.17) is 0 Å². The molecular formula is C8H14Zn. The molecule has 0 unspecified atom stereocenters. The summed E-state index contributed by atoms with van der Waals surface area (Å²) in [5, 5.41) is 0. The average molecular weight is 176 g/mol. The maximum atomic E-state index is 3.44. The third kappa shape index (κ3) is 377. The SMILES string of the molecule is C=C([CH2-])C.[CH2-]/C=C/C.[Zn+2]. The van der Waals surface area contributed by atoms with Gasteiger partial charge < -0.3 is 0 Å². The van der Waals surface area contributed by atoms with E-state index in [1.54, 1.807) is 6.08 Å². The Kier molecular flexibility index (Phi) is 27.7. The zero-order chi connectivity index (χ0) is 6.99. The van der Waals surface area contributed by atoms with Gasteiger partial charge in [0.1, 0.15) is 0 Å². The molecule has 0 aromatic heterocycles. The molecule has 0 spiro atoms. The van der Waals surface area contributed by atoms with Crippen molar-refractivity contribution < 1.29 is 19.5 Å². The molecule has 0 aliphatic heterocycles. The Hall–Kier alpha value is -0.157. The van der Waals surface area contributed by atoms with Crippen LogP contribution in [-0.4, -0.2) is 0 Å². The van der Waals surface area contributed by atoms with Crippen molar-refractivity contribution in [2.24, 2.45) is 0 Å². The maximum Gasteiger partial charge on any atom is 2.00 e. The number of allylic oxidation sites excluding steroid dienone is 3. The van der Waals surface area contributed by atoms with Gasteiger partial charge in [-0.25, -0.2) is 38.2 Å². The van der Waals surface area contributed by atoms with Crippen LogP contribution in [-0.2, 0) is 19.5 Å². The van der Waals surface area contributed by atoms with Crippen molar-refractivity contribution in [1.29, 1.82) is 0 Å². The molecule has 0 atom stereocenters. The molecule has 0 saturated carbocycles. The monoisotopic (exact) mass is 174 g/mol. The van der Waals surface area contributed by atoms with Gasteiger partial charge >= 0.3 is 19.5 Å². The van der Waals surface area contributed by atoms with Gasteiger partial charge in [0.05, 0.1) is 0 Å². The molecule has 0 fully saturated rings. The summed E-state index contributed by atoms with van der Waals surface area (Å²) < 4.78 is 0. The molecule has 0 aliphatic carbocycles. The quantitative estimate of drug-likeness (QED) is 0.392. The molecule has 0 radical (unpaired) electrons. The zero-order valence-electron chi connectivity index (χ0n) is 6.48. The summed E-state index contributed by atoms with van der Waals surface area (Å²) in [4.78, 5) is 0. The minimum Gasteiger partial charge on any atom is -0.245 e. The standard InChI is InChI=1S/2C4H7.Zn/c1-4(2)3;1-3-4-2;/h1-2H2,3H3;3-4H,1H2,2H3;/q2*-1;+2/b;4-3+;. The molecule has 0 aromatic carbocycles. The molecule has 0 aromatic rings. The van der Waals surface area contributed by atoms with Crippen molar-refractivity contribution in [3.05, 3.63) is 38.2 Å². The first kappa shape index (κ1) is 15.9. The van der Waals surface area contributed by atoms with E-state index in [0.717, 1.165) is 5.57 Å². The van der Waals surface area contributed by atoms with Gasteiger partial charge in [0, 0.05) is 0 Å². The molecule has 1 heteroatoms. The van der Waals surface area contributed by atoms with E-state index < -0.39 is 0 Å². The fourth-order valence-corrected chi connectivity index (χ4v) is 0. The van der Waals surface area contributed by atoms with Crippen LogP contribution in [0.5, 0.6) is 0 Å². The van der Waals surface area contributed by atoms with Crippen molar-refractivity contribution in [2.45, 2.75) is 13.8 Å². The second kappa shape index (κ2) is 15.7. The van der Waals surface area contributed by atoms with Crippen molar-refractivity contribution >= 4 is 0 Å². The summed E-state index contributed by atoms with van der Waals surface area (Å²) in [5.74, 6) is 0. The number of hydrogen-bond acceptors (Lipinski definition) is 0. The van der Waals surface area contributed by atoms with Gasteiger partial charge in [0.15, 0.2) is 0 Å². The molecule has 0 aliphatic rings. The second-order valence-corrected chi connectivity index (χ2v) is 1.53. The Morgan fingerprint density at radius 2 is 1.67 bits per heavy atom. The van der Waals surface area contributed by atoms with Crippen LogP contribution in [0.2, 0.25) is 0 Å². The van der Waals surface area contributed by atoms with Crippen LogP contribution in [0.1, 0.15) is 13.8 Å².